The molecule has 0 bridgehead atoms. The van der Waals surface area contributed by atoms with E-state index in [9.17, 15) is 4.79 Å². The van der Waals surface area contributed by atoms with Crippen LogP contribution in [0.15, 0.2) is 24.5 Å². The van der Waals surface area contributed by atoms with Gasteiger partial charge in [0.2, 0.25) is 5.91 Å². The second kappa shape index (κ2) is 6.87. The second-order valence-electron chi connectivity index (χ2n) is 5.70. The molecule has 3 rings (SSSR count). The number of hydrogen-bond acceptors (Lipinski definition) is 5. The van der Waals surface area contributed by atoms with Crippen LogP contribution in [0, 0.1) is 6.92 Å². The number of amides is 1. The van der Waals surface area contributed by atoms with E-state index in [1.165, 1.54) is 0 Å². The topological polar surface area (TPSA) is 73.1 Å². The minimum atomic E-state index is -0.246. The van der Waals surface area contributed by atoms with E-state index in [0.29, 0.717) is 38.4 Å². The number of aromatic nitrogens is 4. The molecule has 122 valence electrons. The fourth-order valence-corrected chi connectivity index (χ4v) is 2.70. The van der Waals surface area contributed by atoms with Crippen LogP contribution < -0.4 is 0 Å². The van der Waals surface area contributed by atoms with E-state index in [-0.39, 0.29) is 12.0 Å². The van der Waals surface area contributed by atoms with Gasteiger partial charge in [-0.15, -0.1) is 0 Å². The lowest BCUT2D eigenvalue weighted by molar-refractivity contribution is -0.139. The van der Waals surface area contributed by atoms with Crippen molar-refractivity contribution in [2.24, 2.45) is 7.05 Å². The van der Waals surface area contributed by atoms with Gasteiger partial charge in [-0.3, -0.25) is 9.48 Å². The third-order valence-electron chi connectivity index (χ3n) is 4.04. The molecule has 1 aliphatic rings. The number of ether oxygens (including phenoxy) is 1. The zero-order valence-electron chi connectivity index (χ0n) is 13.5. The predicted molar refractivity (Wildman–Crippen MR) is 83.6 cm³/mol. The molecular formula is C16H21N5O2. The zero-order chi connectivity index (χ0) is 16.2. The first kappa shape index (κ1) is 15.6. The number of morpholine rings is 1. The van der Waals surface area contributed by atoms with Crippen LogP contribution in [0.5, 0.6) is 0 Å². The van der Waals surface area contributed by atoms with Crippen LogP contribution in [-0.4, -0.2) is 50.3 Å². The van der Waals surface area contributed by atoms with Crippen LogP contribution in [0.25, 0.3) is 0 Å². The number of aryl methyl sites for hydroxylation is 3. The van der Waals surface area contributed by atoms with Crippen LogP contribution in [0.2, 0.25) is 0 Å². The van der Waals surface area contributed by atoms with Crippen LogP contribution in [-0.2, 0) is 23.0 Å². The highest BCUT2D eigenvalue weighted by atomic mass is 16.5. The summed E-state index contributed by atoms with van der Waals surface area (Å²) in [5, 5.41) is 4.12. The zero-order valence-corrected chi connectivity index (χ0v) is 13.5. The molecule has 23 heavy (non-hydrogen) atoms. The summed E-state index contributed by atoms with van der Waals surface area (Å²) in [6.45, 7) is 3.56. The number of hydrogen-bond donors (Lipinski definition) is 0. The van der Waals surface area contributed by atoms with Crippen molar-refractivity contribution in [2.45, 2.75) is 25.9 Å². The molecule has 2 aromatic heterocycles. The van der Waals surface area contributed by atoms with Gasteiger partial charge in [-0.05, 0) is 25.5 Å². The average molecular weight is 315 g/mol. The fraction of sp³-hybridized carbons (Fsp3) is 0.500. The van der Waals surface area contributed by atoms with Crippen molar-refractivity contribution in [3.63, 3.8) is 0 Å². The van der Waals surface area contributed by atoms with Crippen molar-refractivity contribution in [3.8, 4) is 0 Å². The maximum atomic E-state index is 12.4. The molecule has 3 heterocycles. The van der Waals surface area contributed by atoms with E-state index in [4.69, 9.17) is 4.74 Å². The minimum absolute atomic E-state index is 0.132. The Morgan fingerprint density at radius 3 is 3.00 bits per heavy atom. The number of nitrogens with zero attached hydrogens (tertiary/aromatic N) is 5. The van der Waals surface area contributed by atoms with E-state index < -0.39 is 0 Å². The van der Waals surface area contributed by atoms with E-state index in [1.807, 2.05) is 31.0 Å². The summed E-state index contributed by atoms with van der Waals surface area (Å²) in [6, 6.07) is 3.79. The molecule has 1 atom stereocenters. The molecule has 0 radical (unpaired) electrons. The minimum Gasteiger partial charge on any atom is -0.367 e. The molecule has 1 aliphatic heterocycles. The molecular weight excluding hydrogens is 294 g/mol. The third kappa shape index (κ3) is 3.73. The Morgan fingerprint density at radius 2 is 2.26 bits per heavy atom. The highest BCUT2D eigenvalue weighted by Crippen LogP contribution is 2.20. The molecule has 1 amide bonds. The summed E-state index contributed by atoms with van der Waals surface area (Å²) < 4.78 is 7.54. The lowest BCUT2D eigenvalue weighted by Crippen LogP contribution is -2.42. The van der Waals surface area contributed by atoms with Gasteiger partial charge in [-0.1, -0.05) is 0 Å². The normalized spacial score (nSPS) is 18.2. The SMILES string of the molecule is Cc1ccnc([C@@H]2CN(C(=O)CCc3ccnn3C)CCO2)n1. The van der Waals surface area contributed by atoms with Gasteiger partial charge in [0.05, 0.1) is 13.2 Å². The summed E-state index contributed by atoms with van der Waals surface area (Å²) in [5.74, 6) is 0.779. The molecule has 0 N–H and O–H groups in total. The third-order valence-corrected chi connectivity index (χ3v) is 4.04. The lowest BCUT2D eigenvalue weighted by Gasteiger charge is -2.32. The van der Waals surface area contributed by atoms with Crippen LogP contribution in [0.1, 0.15) is 29.7 Å². The molecule has 0 aromatic carbocycles. The van der Waals surface area contributed by atoms with E-state index >= 15 is 0 Å². The molecule has 0 unspecified atom stereocenters. The summed E-state index contributed by atoms with van der Waals surface area (Å²) in [4.78, 5) is 23.0. The molecule has 7 nitrogen and oxygen atoms in total. The monoisotopic (exact) mass is 315 g/mol. The van der Waals surface area contributed by atoms with Gasteiger partial charge in [0.15, 0.2) is 5.82 Å². The van der Waals surface area contributed by atoms with E-state index in [1.54, 1.807) is 17.1 Å². The molecule has 1 saturated heterocycles. The van der Waals surface area contributed by atoms with Gasteiger partial charge in [0.1, 0.15) is 6.10 Å². The second-order valence-corrected chi connectivity index (χ2v) is 5.70. The maximum absolute atomic E-state index is 12.4. The van der Waals surface area contributed by atoms with Crippen molar-refractivity contribution in [1.29, 1.82) is 0 Å². The van der Waals surface area contributed by atoms with Crippen molar-refractivity contribution >= 4 is 5.91 Å². The smallest absolute Gasteiger partial charge is 0.223 e. The maximum Gasteiger partial charge on any atom is 0.223 e. The summed E-state index contributed by atoms with van der Waals surface area (Å²) in [6.07, 6.45) is 4.40. The van der Waals surface area contributed by atoms with Crippen LogP contribution in [0.4, 0.5) is 0 Å². The molecule has 1 fully saturated rings. The molecule has 0 saturated carbocycles. The van der Waals surface area contributed by atoms with Gasteiger partial charge in [-0.2, -0.15) is 5.10 Å². The summed E-state index contributed by atoms with van der Waals surface area (Å²) >= 11 is 0. The standard InChI is InChI=1S/C16H21N5O2/c1-12-5-7-17-16(19-12)14-11-21(9-10-23-14)15(22)4-3-13-6-8-18-20(13)2/h5-8,14H,3-4,9-11H2,1-2H3/t14-/m0/s1. The highest BCUT2D eigenvalue weighted by molar-refractivity contribution is 5.76. The summed E-state index contributed by atoms with van der Waals surface area (Å²) in [7, 11) is 1.89. The Labute approximate surface area is 135 Å². The Bertz CT molecular complexity index is 685. The first-order valence-corrected chi connectivity index (χ1v) is 7.79. The molecule has 7 heteroatoms. The number of carbonyl (C=O) groups is 1. The van der Waals surface area contributed by atoms with Crippen LogP contribution in [0.3, 0.4) is 0 Å². The summed E-state index contributed by atoms with van der Waals surface area (Å²) in [5.41, 5.74) is 1.96. The Hall–Kier alpha value is -2.28. The van der Waals surface area contributed by atoms with Crippen molar-refractivity contribution in [1.82, 2.24) is 24.6 Å². The quantitative estimate of drug-likeness (QED) is 0.843. The predicted octanol–water partition coefficient (Wildman–Crippen LogP) is 1.05. The van der Waals surface area contributed by atoms with E-state index in [2.05, 4.69) is 15.1 Å². The fourth-order valence-electron chi connectivity index (χ4n) is 2.70. The number of carbonyl (C=O) groups excluding carboxylic acids is 1. The average Bonchev–Trinajstić information content (AvgIpc) is 2.98. The van der Waals surface area contributed by atoms with Crippen molar-refractivity contribution < 1.29 is 9.53 Å². The Balaban J connectivity index is 1.59. The lowest BCUT2D eigenvalue weighted by atomic mass is 10.2. The highest BCUT2D eigenvalue weighted by Gasteiger charge is 2.27. The van der Waals surface area contributed by atoms with Gasteiger partial charge in [0, 0.05) is 43.8 Å². The molecule has 0 spiro atoms. The number of rotatable bonds is 4. The van der Waals surface area contributed by atoms with E-state index in [0.717, 1.165) is 11.4 Å². The van der Waals surface area contributed by atoms with Crippen LogP contribution >= 0.6 is 0 Å². The Morgan fingerprint density at radius 1 is 1.39 bits per heavy atom. The largest absolute Gasteiger partial charge is 0.367 e. The molecule has 0 aliphatic carbocycles. The van der Waals surface area contributed by atoms with Crippen molar-refractivity contribution in [3.05, 3.63) is 41.7 Å². The van der Waals surface area contributed by atoms with Crippen molar-refractivity contribution in [2.75, 3.05) is 19.7 Å². The van der Waals surface area contributed by atoms with Gasteiger partial charge in [0.25, 0.3) is 0 Å². The Kier molecular flexibility index (Phi) is 4.66. The molecule has 2 aromatic rings. The first-order valence-electron chi connectivity index (χ1n) is 7.79. The van der Waals surface area contributed by atoms with Gasteiger partial charge >= 0.3 is 0 Å². The van der Waals surface area contributed by atoms with Gasteiger partial charge < -0.3 is 9.64 Å². The first-order chi connectivity index (χ1) is 11.1. The van der Waals surface area contributed by atoms with Gasteiger partial charge in [-0.25, -0.2) is 9.97 Å².